The van der Waals surface area contributed by atoms with Gasteiger partial charge in [-0.05, 0) is 51.3 Å². The summed E-state index contributed by atoms with van der Waals surface area (Å²) in [7, 11) is 4.06. The van der Waals surface area contributed by atoms with Crippen molar-refractivity contribution in [3.63, 3.8) is 0 Å². The summed E-state index contributed by atoms with van der Waals surface area (Å²) in [6.07, 6.45) is 1.07. The summed E-state index contributed by atoms with van der Waals surface area (Å²) >= 11 is 0. The Morgan fingerprint density at radius 3 is 2.79 bits per heavy atom. The van der Waals surface area contributed by atoms with Gasteiger partial charge >= 0.3 is 0 Å². The van der Waals surface area contributed by atoms with Gasteiger partial charge in [-0.2, -0.15) is 0 Å². The first-order valence-electron chi connectivity index (χ1n) is 6.67. The number of nitrogens with zero attached hydrogens (tertiary/aromatic N) is 1. The van der Waals surface area contributed by atoms with Crippen LogP contribution in [0.15, 0.2) is 28.7 Å². The highest BCUT2D eigenvalue weighted by Crippen LogP contribution is 2.25. The predicted octanol–water partition coefficient (Wildman–Crippen LogP) is 3.17. The van der Waals surface area contributed by atoms with Crippen molar-refractivity contribution in [2.24, 2.45) is 0 Å². The predicted molar refractivity (Wildman–Crippen MR) is 75.8 cm³/mol. The lowest BCUT2D eigenvalue weighted by Crippen LogP contribution is -2.31. The highest BCUT2D eigenvalue weighted by Gasteiger charge is 2.16. The first-order valence-corrected chi connectivity index (χ1v) is 6.67. The van der Waals surface area contributed by atoms with Crippen molar-refractivity contribution in [1.29, 1.82) is 0 Å². The lowest BCUT2D eigenvalue weighted by molar-refractivity contribution is 0.313. The van der Waals surface area contributed by atoms with Crippen molar-refractivity contribution < 1.29 is 8.81 Å². The van der Waals surface area contributed by atoms with E-state index in [0.29, 0.717) is 0 Å². The van der Waals surface area contributed by atoms with E-state index >= 15 is 0 Å². The standard InChI is InChI=1S/C15H21FN2O/c1-4-7-17-13(10-18(2)3)15-9-11-8-12(16)5-6-14(11)19-15/h5-6,8-9,13,17H,4,7,10H2,1-3H3. The van der Waals surface area contributed by atoms with Crippen LogP contribution >= 0.6 is 0 Å². The zero-order valence-corrected chi connectivity index (χ0v) is 11.7. The second-order valence-corrected chi connectivity index (χ2v) is 5.10. The minimum absolute atomic E-state index is 0.130. The maximum absolute atomic E-state index is 13.2. The van der Waals surface area contributed by atoms with Gasteiger partial charge in [0.05, 0.1) is 6.04 Å². The Morgan fingerprint density at radius 2 is 2.11 bits per heavy atom. The third kappa shape index (κ3) is 3.55. The number of halogens is 1. The van der Waals surface area contributed by atoms with Crippen molar-refractivity contribution in [3.05, 3.63) is 35.8 Å². The van der Waals surface area contributed by atoms with Gasteiger partial charge in [0.2, 0.25) is 0 Å². The summed E-state index contributed by atoms with van der Waals surface area (Å²) in [6, 6.07) is 6.67. The first-order chi connectivity index (χ1) is 9.10. The lowest BCUT2D eigenvalue weighted by atomic mass is 10.2. The molecule has 0 aliphatic rings. The fraction of sp³-hybridized carbons (Fsp3) is 0.467. The molecule has 0 amide bonds. The van der Waals surface area contributed by atoms with Crippen LogP contribution in [0.25, 0.3) is 11.0 Å². The van der Waals surface area contributed by atoms with Gasteiger partial charge in [-0.25, -0.2) is 4.39 Å². The molecule has 0 spiro atoms. The molecule has 2 aromatic rings. The number of nitrogens with one attached hydrogen (secondary N) is 1. The molecular formula is C15H21FN2O. The van der Waals surface area contributed by atoms with E-state index < -0.39 is 0 Å². The Morgan fingerprint density at radius 1 is 1.32 bits per heavy atom. The van der Waals surface area contributed by atoms with Crippen LogP contribution in [0.3, 0.4) is 0 Å². The van der Waals surface area contributed by atoms with Crippen molar-refractivity contribution in [2.45, 2.75) is 19.4 Å². The van der Waals surface area contributed by atoms with Crippen LogP contribution in [-0.4, -0.2) is 32.1 Å². The molecule has 1 aromatic heterocycles. The van der Waals surface area contributed by atoms with E-state index in [1.54, 1.807) is 6.07 Å². The fourth-order valence-electron chi connectivity index (χ4n) is 2.15. The third-order valence-electron chi connectivity index (χ3n) is 3.03. The van der Waals surface area contributed by atoms with Crippen LogP contribution in [0.5, 0.6) is 0 Å². The molecule has 1 aromatic carbocycles. The molecule has 0 fully saturated rings. The summed E-state index contributed by atoms with van der Waals surface area (Å²) in [6.45, 7) is 3.92. The molecule has 104 valence electrons. The minimum Gasteiger partial charge on any atom is -0.459 e. The maximum Gasteiger partial charge on any atom is 0.134 e. The van der Waals surface area contributed by atoms with Crippen LogP contribution in [-0.2, 0) is 0 Å². The minimum atomic E-state index is -0.231. The molecule has 0 saturated carbocycles. The lowest BCUT2D eigenvalue weighted by Gasteiger charge is -2.20. The molecule has 1 unspecified atom stereocenters. The second kappa shape index (κ2) is 6.17. The average Bonchev–Trinajstić information content (AvgIpc) is 2.76. The Bertz CT molecular complexity index is 536. The Kier molecular flexibility index (Phi) is 4.56. The largest absolute Gasteiger partial charge is 0.459 e. The smallest absolute Gasteiger partial charge is 0.134 e. The van der Waals surface area contributed by atoms with E-state index in [-0.39, 0.29) is 11.9 Å². The van der Waals surface area contributed by atoms with Gasteiger partial charge in [-0.1, -0.05) is 6.92 Å². The zero-order chi connectivity index (χ0) is 13.8. The molecule has 1 atom stereocenters. The number of fused-ring (bicyclic) bond motifs is 1. The molecule has 19 heavy (non-hydrogen) atoms. The molecule has 0 aliphatic carbocycles. The van der Waals surface area contributed by atoms with Gasteiger partial charge in [0.25, 0.3) is 0 Å². The van der Waals surface area contributed by atoms with Crippen LogP contribution in [0.2, 0.25) is 0 Å². The zero-order valence-electron chi connectivity index (χ0n) is 11.7. The molecule has 3 nitrogen and oxygen atoms in total. The maximum atomic E-state index is 13.2. The Hall–Kier alpha value is -1.39. The Balaban J connectivity index is 2.26. The summed E-state index contributed by atoms with van der Waals surface area (Å²) in [5.74, 6) is 0.633. The quantitative estimate of drug-likeness (QED) is 0.868. The molecule has 1 N–H and O–H groups in total. The van der Waals surface area contributed by atoms with E-state index in [1.165, 1.54) is 12.1 Å². The van der Waals surface area contributed by atoms with E-state index in [4.69, 9.17) is 4.42 Å². The molecule has 4 heteroatoms. The van der Waals surface area contributed by atoms with Crippen molar-refractivity contribution in [2.75, 3.05) is 27.2 Å². The van der Waals surface area contributed by atoms with Gasteiger partial charge in [0.1, 0.15) is 17.2 Å². The molecule has 0 radical (unpaired) electrons. The second-order valence-electron chi connectivity index (χ2n) is 5.10. The number of furan rings is 1. The van der Waals surface area contributed by atoms with Gasteiger partial charge in [0.15, 0.2) is 0 Å². The van der Waals surface area contributed by atoms with E-state index in [9.17, 15) is 4.39 Å². The van der Waals surface area contributed by atoms with E-state index in [1.807, 2.05) is 20.2 Å². The topological polar surface area (TPSA) is 28.4 Å². The highest BCUT2D eigenvalue weighted by atomic mass is 19.1. The summed E-state index contributed by atoms with van der Waals surface area (Å²) in [5, 5.41) is 4.28. The number of hydrogen-bond donors (Lipinski definition) is 1. The number of benzene rings is 1. The monoisotopic (exact) mass is 264 g/mol. The van der Waals surface area contributed by atoms with Crippen LogP contribution in [0.1, 0.15) is 25.1 Å². The van der Waals surface area contributed by atoms with Gasteiger partial charge in [0, 0.05) is 11.9 Å². The van der Waals surface area contributed by atoms with E-state index in [0.717, 1.165) is 36.2 Å². The van der Waals surface area contributed by atoms with Gasteiger partial charge < -0.3 is 14.6 Å². The summed E-state index contributed by atoms with van der Waals surface area (Å²) < 4.78 is 19.0. The SMILES string of the molecule is CCCNC(CN(C)C)c1cc2cc(F)ccc2o1. The van der Waals surface area contributed by atoms with Crippen LogP contribution in [0.4, 0.5) is 4.39 Å². The van der Waals surface area contributed by atoms with Crippen LogP contribution in [0, 0.1) is 5.82 Å². The third-order valence-corrected chi connectivity index (χ3v) is 3.03. The van der Waals surface area contributed by atoms with Gasteiger partial charge in [-0.3, -0.25) is 0 Å². The number of likely N-dealkylation sites (N-methyl/N-ethyl adjacent to an activating group) is 1. The normalized spacial score (nSPS) is 13.3. The molecule has 2 rings (SSSR count). The highest BCUT2D eigenvalue weighted by molar-refractivity contribution is 5.78. The number of hydrogen-bond acceptors (Lipinski definition) is 3. The average molecular weight is 264 g/mol. The first kappa shape index (κ1) is 14.0. The summed E-state index contributed by atoms with van der Waals surface area (Å²) in [5.41, 5.74) is 0.735. The van der Waals surface area contributed by atoms with Crippen molar-refractivity contribution in [3.8, 4) is 0 Å². The Labute approximate surface area is 113 Å². The van der Waals surface area contributed by atoms with E-state index in [2.05, 4.69) is 17.1 Å². The van der Waals surface area contributed by atoms with Crippen molar-refractivity contribution >= 4 is 11.0 Å². The molecule has 1 heterocycles. The van der Waals surface area contributed by atoms with Gasteiger partial charge in [-0.15, -0.1) is 0 Å². The van der Waals surface area contributed by atoms with Crippen molar-refractivity contribution in [1.82, 2.24) is 10.2 Å². The molecule has 0 aliphatic heterocycles. The molecule has 0 bridgehead atoms. The summed E-state index contributed by atoms with van der Waals surface area (Å²) in [4.78, 5) is 2.11. The molecular weight excluding hydrogens is 243 g/mol. The van der Waals surface area contributed by atoms with Crippen LogP contribution < -0.4 is 5.32 Å². The number of rotatable bonds is 6. The fourth-order valence-corrected chi connectivity index (χ4v) is 2.15. The molecule has 0 saturated heterocycles.